The monoisotopic (exact) mass is 249 g/mol. The second-order valence-electron chi connectivity index (χ2n) is 5.05. The van der Waals surface area contributed by atoms with Gasteiger partial charge in [0.2, 0.25) is 0 Å². The van der Waals surface area contributed by atoms with Crippen LogP contribution in [0.4, 0.5) is 0 Å². The highest BCUT2D eigenvalue weighted by molar-refractivity contribution is 5.30. The summed E-state index contributed by atoms with van der Waals surface area (Å²) >= 11 is 0. The second kappa shape index (κ2) is 6.21. The maximum atomic E-state index is 5.81. The lowest BCUT2D eigenvalue weighted by molar-refractivity contribution is 0.0546. The van der Waals surface area contributed by atoms with E-state index in [-0.39, 0.29) is 0 Å². The standard InChI is InChI=1S/C15H23NO2/c1-11-7-8-15(18-11)10-16-12(2)13-5-4-6-14(9-13)17-3/h4-6,9,11-12,15-16H,7-8,10H2,1-3H3/t11?,12-,15?/m0/s1. The minimum atomic E-state index is 0.319. The summed E-state index contributed by atoms with van der Waals surface area (Å²) in [5.74, 6) is 0.909. The highest BCUT2D eigenvalue weighted by Gasteiger charge is 2.21. The van der Waals surface area contributed by atoms with Gasteiger partial charge in [0.25, 0.3) is 0 Å². The molecule has 1 fully saturated rings. The Morgan fingerprint density at radius 1 is 1.44 bits per heavy atom. The molecule has 1 heterocycles. The van der Waals surface area contributed by atoms with Crippen LogP contribution in [0.5, 0.6) is 5.75 Å². The predicted octanol–water partition coefficient (Wildman–Crippen LogP) is 2.91. The smallest absolute Gasteiger partial charge is 0.119 e. The molecule has 0 spiro atoms. The van der Waals surface area contributed by atoms with Crippen molar-refractivity contribution in [3.8, 4) is 5.75 Å². The van der Waals surface area contributed by atoms with Gasteiger partial charge in [0.05, 0.1) is 19.3 Å². The van der Waals surface area contributed by atoms with Crippen LogP contribution >= 0.6 is 0 Å². The maximum absolute atomic E-state index is 5.81. The Labute approximate surface area is 109 Å². The highest BCUT2D eigenvalue weighted by atomic mass is 16.5. The molecule has 1 aromatic rings. The Hall–Kier alpha value is -1.06. The third-order valence-corrected chi connectivity index (χ3v) is 3.57. The Bertz CT molecular complexity index is 381. The first-order valence-electron chi connectivity index (χ1n) is 6.72. The number of nitrogens with one attached hydrogen (secondary N) is 1. The molecule has 1 aliphatic heterocycles. The van der Waals surface area contributed by atoms with Crippen LogP contribution in [0, 0.1) is 0 Å². The fraction of sp³-hybridized carbons (Fsp3) is 0.600. The lowest BCUT2D eigenvalue weighted by atomic mass is 10.1. The summed E-state index contributed by atoms with van der Waals surface area (Å²) in [6.45, 7) is 5.24. The molecule has 0 aromatic heterocycles. The Morgan fingerprint density at radius 2 is 2.28 bits per heavy atom. The van der Waals surface area contributed by atoms with Gasteiger partial charge in [-0.3, -0.25) is 0 Å². The van der Waals surface area contributed by atoms with Gasteiger partial charge in [0.1, 0.15) is 5.75 Å². The average molecular weight is 249 g/mol. The molecular weight excluding hydrogens is 226 g/mol. The minimum absolute atomic E-state index is 0.319. The van der Waals surface area contributed by atoms with Gasteiger partial charge >= 0.3 is 0 Å². The van der Waals surface area contributed by atoms with Crippen molar-refractivity contribution >= 4 is 0 Å². The molecule has 3 nitrogen and oxygen atoms in total. The third-order valence-electron chi connectivity index (χ3n) is 3.57. The van der Waals surface area contributed by atoms with E-state index < -0.39 is 0 Å². The zero-order valence-electron chi connectivity index (χ0n) is 11.5. The molecule has 0 aliphatic carbocycles. The summed E-state index contributed by atoms with van der Waals surface area (Å²) in [7, 11) is 1.70. The first-order valence-corrected chi connectivity index (χ1v) is 6.72. The number of rotatable bonds is 5. The Morgan fingerprint density at radius 3 is 2.94 bits per heavy atom. The van der Waals surface area contributed by atoms with Gasteiger partial charge in [-0.15, -0.1) is 0 Å². The number of benzene rings is 1. The summed E-state index contributed by atoms with van der Waals surface area (Å²) in [6, 6.07) is 8.52. The molecule has 2 rings (SSSR count). The SMILES string of the molecule is COc1cccc([C@H](C)NCC2CCC(C)O2)c1. The van der Waals surface area contributed by atoms with Crippen molar-refractivity contribution in [3.63, 3.8) is 0 Å². The van der Waals surface area contributed by atoms with Gasteiger partial charge in [0.15, 0.2) is 0 Å². The molecule has 0 amide bonds. The maximum Gasteiger partial charge on any atom is 0.119 e. The summed E-state index contributed by atoms with van der Waals surface area (Å²) in [6.07, 6.45) is 3.13. The van der Waals surface area contributed by atoms with Gasteiger partial charge < -0.3 is 14.8 Å². The van der Waals surface area contributed by atoms with Gasteiger partial charge in [-0.05, 0) is 44.4 Å². The van der Waals surface area contributed by atoms with Crippen molar-refractivity contribution in [3.05, 3.63) is 29.8 Å². The Balaban J connectivity index is 1.85. The van der Waals surface area contributed by atoms with Crippen molar-refractivity contribution in [1.29, 1.82) is 0 Å². The third kappa shape index (κ3) is 3.47. The minimum Gasteiger partial charge on any atom is -0.497 e. The van der Waals surface area contributed by atoms with E-state index in [9.17, 15) is 0 Å². The zero-order valence-corrected chi connectivity index (χ0v) is 11.5. The van der Waals surface area contributed by atoms with Crippen LogP contribution in [0.2, 0.25) is 0 Å². The van der Waals surface area contributed by atoms with Crippen LogP contribution in [0.25, 0.3) is 0 Å². The van der Waals surface area contributed by atoms with Gasteiger partial charge in [-0.25, -0.2) is 0 Å². The Kier molecular flexibility index (Phi) is 4.61. The predicted molar refractivity (Wildman–Crippen MR) is 73.0 cm³/mol. The number of hydrogen-bond donors (Lipinski definition) is 1. The normalized spacial score (nSPS) is 25.1. The van der Waals surface area contributed by atoms with E-state index in [0.29, 0.717) is 18.2 Å². The lowest BCUT2D eigenvalue weighted by Crippen LogP contribution is -2.29. The quantitative estimate of drug-likeness (QED) is 0.870. The van der Waals surface area contributed by atoms with Gasteiger partial charge in [-0.1, -0.05) is 12.1 Å². The summed E-state index contributed by atoms with van der Waals surface area (Å²) in [5, 5.41) is 3.53. The molecule has 0 saturated carbocycles. The van der Waals surface area contributed by atoms with E-state index >= 15 is 0 Å². The largest absolute Gasteiger partial charge is 0.497 e. The number of methoxy groups -OCH3 is 1. The second-order valence-corrected chi connectivity index (χ2v) is 5.05. The van der Waals surface area contributed by atoms with Crippen molar-refractivity contribution in [1.82, 2.24) is 5.32 Å². The van der Waals surface area contributed by atoms with E-state index in [1.54, 1.807) is 7.11 Å². The van der Waals surface area contributed by atoms with E-state index in [1.807, 2.05) is 12.1 Å². The fourth-order valence-electron chi connectivity index (χ4n) is 2.37. The summed E-state index contributed by atoms with van der Waals surface area (Å²) < 4.78 is 11.0. The molecular formula is C15H23NO2. The first-order chi connectivity index (χ1) is 8.69. The molecule has 100 valence electrons. The van der Waals surface area contributed by atoms with Crippen molar-refractivity contribution in [2.45, 2.75) is 44.9 Å². The summed E-state index contributed by atoms with van der Waals surface area (Å²) in [4.78, 5) is 0. The van der Waals surface area contributed by atoms with E-state index in [4.69, 9.17) is 9.47 Å². The molecule has 0 bridgehead atoms. The van der Waals surface area contributed by atoms with Crippen LogP contribution in [0.3, 0.4) is 0 Å². The van der Waals surface area contributed by atoms with Crippen LogP contribution in [0.1, 0.15) is 38.3 Å². The van der Waals surface area contributed by atoms with Gasteiger partial charge in [0, 0.05) is 12.6 Å². The van der Waals surface area contributed by atoms with Crippen molar-refractivity contribution in [2.75, 3.05) is 13.7 Å². The average Bonchev–Trinajstić information content (AvgIpc) is 2.82. The van der Waals surface area contributed by atoms with Crippen LogP contribution in [-0.4, -0.2) is 25.9 Å². The highest BCUT2D eigenvalue weighted by Crippen LogP contribution is 2.21. The molecule has 1 aliphatic rings. The van der Waals surface area contributed by atoms with Crippen molar-refractivity contribution < 1.29 is 9.47 Å². The van der Waals surface area contributed by atoms with Crippen molar-refractivity contribution in [2.24, 2.45) is 0 Å². The van der Waals surface area contributed by atoms with E-state index in [1.165, 1.54) is 18.4 Å². The van der Waals surface area contributed by atoms with Crippen LogP contribution in [-0.2, 0) is 4.74 Å². The summed E-state index contributed by atoms with van der Waals surface area (Å²) in [5.41, 5.74) is 1.25. The topological polar surface area (TPSA) is 30.5 Å². The van der Waals surface area contributed by atoms with E-state index in [0.717, 1.165) is 12.3 Å². The van der Waals surface area contributed by atoms with Gasteiger partial charge in [-0.2, -0.15) is 0 Å². The molecule has 1 N–H and O–H groups in total. The molecule has 3 atom stereocenters. The fourth-order valence-corrected chi connectivity index (χ4v) is 2.37. The molecule has 0 radical (unpaired) electrons. The molecule has 1 aromatic carbocycles. The molecule has 2 unspecified atom stereocenters. The zero-order chi connectivity index (χ0) is 13.0. The number of ether oxygens (including phenoxy) is 2. The molecule has 18 heavy (non-hydrogen) atoms. The lowest BCUT2D eigenvalue weighted by Gasteiger charge is -2.18. The van der Waals surface area contributed by atoms with Crippen LogP contribution < -0.4 is 10.1 Å². The molecule has 3 heteroatoms. The number of hydrogen-bond acceptors (Lipinski definition) is 3. The first kappa shape index (κ1) is 13.4. The van der Waals surface area contributed by atoms with E-state index in [2.05, 4.69) is 31.3 Å². The molecule has 1 saturated heterocycles. The van der Waals surface area contributed by atoms with Crippen LogP contribution in [0.15, 0.2) is 24.3 Å².